The lowest BCUT2D eigenvalue weighted by atomic mass is 9.89. The zero-order valence-electron chi connectivity index (χ0n) is 18.4. The van der Waals surface area contributed by atoms with E-state index in [0.29, 0.717) is 49.0 Å². The predicted octanol–water partition coefficient (Wildman–Crippen LogP) is 6.40. The number of hydrogen-bond donors (Lipinski definition) is 2. The van der Waals surface area contributed by atoms with Crippen molar-refractivity contribution in [2.24, 2.45) is 0 Å². The van der Waals surface area contributed by atoms with Crippen LogP contribution < -0.4 is 10.1 Å². The van der Waals surface area contributed by atoms with E-state index in [4.69, 9.17) is 16.3 Å². The molecule has 0 amide bonds. The molecule has 1 aromatic heterocycles. The minimum Gasteiger partial charge on any atom is -0.492 e. The molecule has 0 radical (unpaired) electrons. The van der Waals surface area contributed by atoms with E-state index < -0.39 is 23.8 Å². The van der Waals surface area contributed by atoms with E-state index in [1.807, 2.05) is 12.1 Å². The zero-order valence-corrected chi connectivity index (χ0v) is 19.2. The number of aromatic nitrogens is 2. The number of nitrogens with one attached hydrogen (secondary N) is 1. The van der Waals surface area contributed by atoms with Gasteiger partial charge >= 0.3 is 0 Å². The van der Waals surface area contributed by atoms with Crippen LogP contribution in [0.1, 0.15) is 60.9 Å². The van der Waals surface area contributed by atoms with Gasteiger partial charge in [-0.15, -0.1) is 0 Å². The summed E-state index contributed by atoms with van der Waals surface area (Å²) in [4.78, 5) is 8.79. The fourth-order valence-electron chi connectivity index (χ4n) is 4.71. The first-order valence-electron chi connectivity index (χ1n) is 11.2. The highest BCUT2D eigenvalue weighted by Gasteiger charge is 2.27. The maximum atomic E-state index is 14.8. The molecule has 1 unspecified atom stereocenters. The van der Waals surface area contributed by atoms with E-state index in [2.05, 4.69) is 15.3 Å². The summed E-state index contributed by atoms with van der Waals surface area (Å²) in [5.41, 5.74) is 3.03. The van der Waals surface area contributed by atoms with Crippen molar-refractivity contribution in [3.63, 3.8) is 0 Å². The Balaban J connectivity index is 1.61. The number of ether oxygens (including phenoxy) is 1. The molecule has 1 aliphatic carbocycles. The average molecular weight is 490 g/mol. The van der Waals surface area contributed by atoms with Crippen LogP contribution in [0.15, 0.2) is 30.3 Å². The van der Waals surface area contributed by atoms with Crippen LogP contribution >= 0.6 is 11.6 Å². The first-order valence-corrected chi connectivity index (χ1v) is 11.6. The number of alkyl halides is 2. The second kappa shape index (κ2) is 9.07. The molecule has 2 aromatic carbocycles. The number of hydrogen-bond acceptors (Lipinski definition) is 5. The predicted molar refractivity (Wildman–Crippen MR) is 125 cm³/mol. The zero-order chi connectivity index (χ0) is 24.0. The minimum atomic E-state index is -2.91. The summed E-state index contributed by atoms with van der Waals surface area (Å²) in [5.74, 6) is 0.208. The topological polar surface area (TPSA) is 67.3 Å². The summed E-state index contributed by atoms with van der Waals surface area (Å²) in [6.45, 7) is 2.20. The highest BCUT2D eigenvalue weighted by Crippen LogP contribution is 2.43. The number of benzene rings is 2. The summed E-state index contributed by atoms with van der Waals surface area (Å²) in [5, 5.41) is 13.8. The molecule has 0 bridgehead atoms. The van der Waals surface area contributed by atoms with Gasteiger partial charge in [-0.25, -0.2) is 23.1 Å². The molecule has 2 atom stereocenters. The Morgan fingerprint density at radius 2 is 2.00 bits per heavy atom. The van der Waals surface area contributed by atoms with Gasteiger partial charge < -0.3 is 15.2 Å². The average Bonchev–Trinajstić information content (AvgIpc) is 3.29. The summed E-state index contributed by atoms with van der Waals surface area (Å²) < 4.78 is 47.1. The van der Waals surface area contributed by atoms with Crippen molar-refractivity contribution >= 4 is 33.9 Å². The number of rotatable bonds is 5. The summed E-state index contributed by atoms with van der Waals surface area (Å²) in [6, 6.07) is 5.23. The summed E-state index contributed by atoms with van der Waals surface area (Å²) in [7, 11) is 0. The standard InChI is InChI=1S/C25H23ClF3N3O2/c1-12(15-3-2-4-16(20(15)27)23(28)29)30-24-19-11-18(13-5-7-14(33)8-6-13)22-17(9-10-34-22)21(19)31-25(26)32-24/h2-5,11-12,14,23,33H,6-10H2,1H3,(H,30,31,32)/t12-,14?/m1/s1. The molecule has 5 rings (SSSR count). The third kappa shape index (κ3) is 4.09. The second-order valence-corrected chi connectivity index (χ2v) is 8.98. The molecule has 2 N–H and O–H groups in total. The molecule has 0 saturated heterocycles. The lowest BCUT2D eigenvalue weighted by Gasteiger charge is -2.22. The third-order valence-corrected chi connectivity index (χ3v) is 6.62. The van der Waals surface area contributed by atoms with Gasteiger partial charge in [0.15, 0.2) is 0 Å². The number of halogens is 4. The first-order chi connectivity index (χ1) is 16.3. The molecule has 3 aromatic rings. The van der Waals surface area contributed by atoms with Gasteiger partial charge in [-0.2, -0.15) is 0 Å². The normalized spacial score (nSPS) is 18.6. The molecule has 1 aliphatic heterocycles. The van der Waals surface area contributed by atoms with E-state index in [-0.39, 0.29) is 17.0 Å². The van der Waals surface area contributed by atoms with Crippen molar-refractivity contribution in [1.29, 1.82) is 0 Å². The van der Waals surface area contributed by atoms with Crippen molar-refractivity contribution in [3.8, 4) is 5.75 Å². The number of allylic oxidation sites excluding steroid dienone is 1. The Morgan fingerprint density at radius 3 is 2.74 bits per heavy atom. The van der Waals surface area contributed by atoms with Crippen LogP contribution in [0.2, 0.25) is 5.28 Å². The first kappa shape index (κ1) is 22.9. The molecule has 9 heteroatoms. The maximum Gasteiger partial charge on any atom is 0.266 e. The number of aliphatic hydroxyl groups is 1. The maximum absolute atomic E-state index is 14.8. The van der Waals surface area contributed by atoms with Crippen molar-refractivity contribution in [3.05, 3.63) is 63.7 Å². The van der Waals surface area contributed by atoms with Gasteiger partial charge in [0.05, 0.1) is 29.8 Å². The SMILES string of the molecule is C[C@@H](Nc1nc(Cl)nc2c3c(c(C4=CCC(O)CC4)cc12)OCC3)c1cccc(C(F)F)c1F. The number of aliphatic hydroxyl groups excluding tert-OH is 1. The summed E-state index contributed by atoms with van der Waals surface area (Å²) in [6.07, 6.45) is 1.37. The smallest absolute Gasteiger partial charge is 0.266 e. The van der Waals surface area contributed by atoms with Crippen LogP contribution in [0.4, 0.5) is 19.0 Å². The highest BCUT2D eigenvalue weighted by molar-refractivity contribution is 6.29. The Hall–Kier alpha value is -2.84. The van der Waals surface area contributed by atoms with E-state index >= 15 is 0 Å². The van der Waals surface area contributed by atoms with Gasteiger partial charge in [0.1, 0.15) is 17.4 Å². The number of nitrogens with zero attached hydrogens (tertiary/aromatic N) is 2. The lowest BCUT2D eigenvalue weighted by molar-refractivity contribution is 0.146. The Bertz CT molecular complexity index is 1300. The second-order valence-electron chi connectivity index (χ2n) is 8.64. The molecule has 34 heavy (non-hydrogen) atoms. The van der Waals surface area contributed by atoms with Crippen molar-refractivity contribution in [2.75, 3.05) is 11.9 Å². The number of fused-ring (bicyclic) bond motifs is 3. The van der Waals surface area contributed by atoms with Crippen LogP contribution in [-0.4, -0.2) is 27.8 Å². The van der Waals surface area contributed by atoms with Gasteiger partial charge in [0.2, 0.25) is 5.28 Å². The molecule has 2 heterocycles. The third-order valence-electron chi connectivity index (χ3n) is 6.45. The Kier molecular flexibility index (Phi) is 6.12. The Morgan fingerprint density at radius 1 is 1.21 bits per heavy atom. The Labute approximate surface area is 199 Å². The molecule has 178 valence electrons. The molecule has 5 nitrogen and oxygen atoms in total. The van der Waals surface area contributed by atoms with Gasteiger partial charge in [0.25, 0.3) is 6.43 Å². The molecule has 0 saturated carbocycles. The van der Waals surface area contributed by atoms with Crippen LogP contribution in [0, 0.1) is 5.82 Å². The van der Waals surface area contributed by atoms with Crippen LogP contribution in [0.25, 0.3) is 16.5 Å². The van der Waals surface area contributed by atoms with Gasteiger partial charge in [0, 0.05) is 28.5 Å². The fourth-order valence-corrected chi connectivity index (χ4v) is 4.88. The van der Waals surface area contributed by atoms with Gasteiger partial charge in [-0.05, 0) is 49.4 Å². The molecule has 0 spiro atoms. The molecule has 2 aliphatic rings. The quantitative estimate of drug-likeness (QED) is 0.406. The van der Waals surface area contributed by atoms with Crippen LogP contribution in [0.5, 0.6) is 5.75 Å². The van der Waals surface area contributed by atoms with Crippen LogP contribution in [-0.2, 0) is 6.42 Å². The van der Waals surface area contributed by atoms with Crippen molar-refractivity contribution in [2.45, 2.75) is 51.2 Å². The minimum absolute atomic E-state index is 0.0193. The van der Waals surface area contributed by atoms with Gasteiger partial charge in [-0.1, -0.05) is 24.3 Å². The number of anilines is 1. The van der Waals surface area contributed by atoms with Crippen molar-refractivity contribution in [1.82, 2.24) is 9.97 Å². The van der Waals surface area contributed by atoms with E-state index in [1.54, 1.807) is 6.92 Å². The van der Waals surface area contributed by atoms with Crippen molar-refractivity contribution < 1.29 is 23.0 Å². The molecular formula is C25H23ClF3N3O2. The largest absolute Gasteiger partial charge is 0.492 e. The molecule has 0 fully saturated rings. The monoisotopic (exact) mass is 489 g/mol. The highest BCUT2D eigenvalue weighted by atomic mass is 35.5. The summed E-state index contributed by atoms with van der Waals surface area (Å²) >= 11 is 6.24. The van der Waals surface area contributed by atoms with E-state index in [0.717, 1.165) is 28.5 Å². The van der Waals surface area contributed by atoms with Crippen LogP contribution in [0.3, 0.4) is 0 Å². The van der Waals surface area contributed by atoms with E-state index in [1.165, 1.54) is 12.1 Å². The molecular weight excluding hydrogens is 467 g/mol. The lowest BCUT2D eigenvalue weighted by Crippen LogP contribution is -2.12. The van der Waals surface area contributed by atoms with Gasteiger partial charge in [-0.3, -0.25) is 0 Å². The van der Waals surface area contributed by atoms with E-state index in [9.17, 15) is 18.3 Å². The fraction of sp³-hybridized carbons (Fsp3) is 0.360.